The first kappa shape index (κ1) is 27.1. The van der Waals surface area contributed by atoms with E-state index in [-0.39, 0.29) is 28.7 Å². The van der Waals surface area contributed by atoms with Crippen LogP contribution < -0.4 is 19.5 Å². The van der Waals surface area contributed by atoms with Gasteiger partial charge in [0.05, 0.1) is 18.7 Å². The third kappa shape index (κ3) is 8.02. The molecule has 190 valence electrons. The SMILES string of the molecule is CCOc1cc(/C=C(\C#N)C(=O)Nc2ccc(OCc3ccccc3)cc2)cc(Cl)c1OCC(=O)OC. The first-order valence-corrected chi connectivity index (χ1v) is 11.7. The number of ether oxygens (including phenoxy) is 4. The summed E-state index contributed by atoms with van der Waals surface area (Å²) in [5, 5.41) is 12.4. The summed E-state index contributed by atoms with van der Waals surface area (Å²) in [5.74, 6) is -0.120. The van der Waals surface area contributed by atoms with Gasteiger partial charge in [-0.15, -0.1) is 0 Å². The number of hydrogen-bond acceptors (Lipinski definition) is 7. The van der Waals surface area contributed by atoms with Crippen molar-refractivity contribution in [3.05, 3.63) is 88.5 Å². The van der Waals surface area contributed by atoms with E-state index >= 15 is 0 Å². The van der Waals surface area contributed by atoms with Crippen LogP contribution in [-0.2, 0) is 20.9 Å². The van der Waals surface area contributed by atoms with Gasteiger partial charge >= 0.3 is 5.97 Å². The van der Waals surface area contributed by atoms with Crippen molar-refractivity contribution < 1.29 is 28.5 Å². The lowest BCUT2D eigenvalue weighted by Crippen LogP contribution is -2.14. The predicted molar refractivity (Wildman–Crippen MR) is 140 cm³/mol. The highest BCUT2D eigenvalue weighted by molar-refractivity contribution is 6.32. The lowest BCUT2D eigenvalue weighted by Gasteiger charge is -2.14. The number of halogens is 1. The first-order chi connectivity index (χ1) is 17.9. The maximum Gasteiger partial charge on any atom is 0.343 e. The van der Waals surface area contributed by atoms with Gasteiger partial charge < -0.3 is 24.3 Å². The van der Waals surface area contributed by atoms with Crippen LogP contribution in [-0.4, -0.2) is 32.2 Å². The Kier molecular flexibility index (Phi) is 9.94. The Labute approximate surface area is 220 Å². The quantitative estimate of drug-likeness (QED) is 0.204. The van der Waals surface area contributed by atoms with Crippen LogP contribution in [0.3, 0.4) is 0 Å². The monoisotopic (exact) mass is 520 g/mol. The molecule has 3 rings (SSSR count). The number of hydrogen-bond donors (Lipinski definition) is 1. The Bertz CT molecular complexity index is 1300. The first-order valence-electron chi connectivity index (χ1n) is 11.3. The average molecular weight is 521 g/mol. The lowest BCUT2D eigenvalue weighted by atomic mass is 10.1. The van der Waals surface area contributed by atoms with Gasteiger partial charge in [-0.25, -0.2) is 4.79 Å². The van der Waals surface area contributed by atoms with Gasteiger partial charge in [0, 0.05) is 5.69 Å². The van der Waals surface area contributed by atoms with Crippen molar-refractivity contribution in [2.75, 3.05) is 25.6 Å². The van der Waals surface area contributed by atoms with Gasteiger partial charge in [-0.1, -0.05) is 41.9 Å². The highest BCUT2D eigenvalue weighted by atomic mass is 35.5. The number of rotatable bonds is 11. The molecule has 0 atom stereocenters. The molecule has 8 nitrogen and oxygen atoms in total. The minimum Gasteiger partial charge on any atom is -0.490 e. The minimum absolute atomic E-state index is 0.143. The molecule has 9 heteroatoms. The molecule has 1 amide bonds. The molecule has 0 heterocycles. The van der Waals surface area contributed by atoms with Gasteiger partial charge in [0.1, 0.15) is 24.0 Å². The van der Waals surface area contributed by atoms with Crippen molar-refractivity contribution in [3.8, 4) is 23.3 Å². The van der Waals surface area contributed by atoms with E-state index in [1.54, 1.807) is 37.3 Å². The van der Waals surface area contributed by atoms with Crippen LogP contribution in [0.2, 0.25) is 5.02 Å². The van der Waals surface area contributed by atoms with Gasteiger partial charge in [-0.3, -0.25) is 4.79 Å². The Morgan fingerprint density at radius 1 is 1.03 bits per heavy atom. The van der Waals surface area contributed by atoms with Crippen LogP contribution in [0.15, 0.2) is 72.3 Å². The predicted octanol–water partition coefficient (Wildman–Crippen LogP) is 5.42. The third-order valence-corrected chi connectivity index (χ3v) is 5.21. The standard InChI is InChI=1S/C28H25ClN2O6/c1-3-35-25-15-20(14-24(29)27(25)37-18-26(32)34-2)13-21(16-30)28(33)31-22-9-11-23(12-10-22)36-17-19-7-5-4-6-8-19/h4-15H,3,17-18H2,1-2H3,(H,31,33)/b21-13+. The van der Waals surface area contributed by atoms with Crippen LogP contribution in [0.5, 0.6) is 17.2 Å². The number of carbonyl (C=O) groups excluding carboxylic acids is 2. The second kappa shape index (κ2) is 13.6. The van der Waals surface area contributed by atoms with Crippen molar-refractivity contribution >= 4 is 35.2 Å². The Morgan fingerprint density at radius 3 is 2.41 bits per heavy atom. The van der Waals surface area contributed by atoms with E-state index in [0.29, 0.717) is 30.2 Å². The fourth-order valence-corrected chi connectivity index (χ4v) is 3.43. The van der Waals surface area contributed by atoms with E-state index in [1.807, 2.05) is 36.4 Å². The number of benzene rings is 3. The number of anilines is 1. The number of esters is 1. The fourth-order valence-electron chi connectivity index (χ4n) is 3.15. The Morgan fingerprint density at radius 2 is 1.76 bits per heavy atom. The topological polar surface area (TPSA) is 107 Å². The van der Waals surface area contributed by atoms with Gasteiger partial charge in [0.2, 0.25) is 0 Å². The number of methoxy groups -OCH3 is 1. The smallest absolute Gasteiger partial charge is 0.343 e. The molecule has 0 aromatic heterocycles. The molecule has 0 unspecified atom stereocenters. The third-order valence-electron chi connectivity index (χ3n) is 4.93. The number of amides is 1. The van der Waals surface area contributed by atoms with Crippen LogP contribution in [0.4, 0.5) is 5.69 Å². The van der Waals surface area contributed by atoms with Gasteiger partial charge in [0.15, 0.2) is 18.1 Å². The lowest BCUT2D eigenvalue weighted by molar-refractivity contribution is -0.142. The summed E-state index contributed by atoms with van der Waals surface area (Å²) in [5.41, 5.74) is 1.83. The molecule has 0 saturated heterocycles. The van der Waals surface area contributed by atoms with E-state index < -0.39 is 11.9 Å². The molecule has 0 bridgehead atoms. The molecule has 3 aromatic rings. The molecule has 1 N–H and O–H groups in total. The van der Waals surface area contributed by atoms with E-state index in [1.165, 1.54) is 19.3 Å². The zero-order valence-corrected chi connectivity index (χ0v) is 21.1. The van der Waals surface area contributed by atoms with Crippen molar-refractivity contribution in [3.63, 3.8) is 0 Å². The zero-order chi connectivity index (χ0) is 26.6. The maximum atomic E-state index is 12.7. The van der Waals surface area contributed by atoms with Crippen molar-refractivity contribution in [1.82, 2.24) is 0 Å². The Hall–Kier alpha value is -4.48. The van der Waals surface area contributed by atoms with Crippen LogP contribution >= 0.6 is 11.6 Å². The van der Waals surface area contributed by atoms with E-state index in [0.717, 1.165) is 5.56 Å². The number of carbonyl (C=O) groups is 2. The molecule has 37 heavy (non-hydrogen) atoms. The van der Waals surface area contributed by atoms with E-state index in [9.17, 15) is 14.9 Å². The van der Waals surface area contributed by atoms with Crippen LogP contribution in [0.1, 0.15) is 18.1 Å². The molecule has 0 fully saturated rings. The zero-order valence-electron chi connectivity index (χ0n) is 20.3. The number of nitriles is 1. The van der Waals surface area contributed by atoms with Gasteiger partial charge in [0.25, 0.3) is 5.91 Å². The van der Waals surface area contributed by atoms with E-state index in [2.05, 4.69) is 10.1 Å². The van der Waals surface area contributed by atoms with Crippen LogP contribution in [0.25, 0.3) is 6.08 Å². The molecular formula is C28H25ClN2O6. The minimum atomic E-state index is -0.597. The molecule has 0 radical (unpaired) electrons. The summed E-state index contributed by atoms with van der Waals surface area (Å²) < 4.78 is 21.3. The van der Waals surface area contributed by atoms with Crippen molar-refractivity contribution in [1.29, 1.82) is 5.26 Å². The largest absolute Gasteiger partial charge is 0.490 e. The molecule has 0 spiro atoms. The molecule has 3 aromatic carbocycles. The maximum absolute atomic E-state index is 12.7. The van der Waals surface area contributed by atoms with E-state index in [4.69, 9.17) is 25.8 Å². The summed E-state index contributed by atoms with van der Waals surface area (Å²) in [6.45, 7) is 2.14. The fraction of sp³-hybridized carbons (Fsp3) is 0.179. The molecule has 0 saturated carbocycles. The van der Waals surface area contributed by atoms with Crippen LogP contribution in [0, 0.1) is 11.3 Å². The average Bonchev–Trinajstić information content (AvgIpc) is 2.91. The van der Waals surface area contributed by atoms with Crippen molar-refractivity contribution in [2.45, 2.75) is 13.5 Å². The van der Waals surface area contributed by atoms with Gasteiger partial charge in [-0.05, 0) is 60.5 Å². The Balaban J connectivity index is 1.70. The van der Waals surface area contributed by atoms with Gasteiger partial charge in [-0.2, -0.15) is 5.26 Å². The normalized spacial score (nSPS) is 10.7. The number of nitrogens with one attached hydrogen (secondary N) is 1. The summed E-state index contributed by atoms with van der Waals surface area (Å²) in [6.07, 6.45) is 1.38. The molecule has 0 aliphatic heterocycles. The second-order valence-corrected chi connectivity index (χ2v) is 7.96. The highest BCUT2D eigenvalue weighted by Crippen LogP contribution is 2.37. The molecular weight excluding hydrogens is 496 g/mol. The molecule has 0 aliphatic carbocycles. The molecule has 0 aliphatic rings. The summed E-state index contributed by atoms with van der Waals surface area (Å²) >= 11 is 6.33. The summed E-state index contributed by atoms with van der Waals surface area (Å²) in [6, 6.07) is 21.6. The second-order valence-electron chi connectivity index (χ2n) is 7.55. The van der Waals surface area contributed by atoms with Crippen molar-refractivity contribution in [2.24, 2.45) is 0 Å². The summed E-state index contributed by atoms with van der Waals surface area (Å²) in [7, 11) is 1.24. The summed E-state index contributed by atoms with van der Waals surface area (Å²) in [4.78, 5) is 24.2. The number of nitrogens with zero attached hydrogens (tertiary/aromatic N) is 1. The highest BCUT2D eigenvalue weighted by Gasteiger charge is 2.16.